The zero-order valence-corrected chi connectivity index (χ0v) is 9.54. The summed E-state index contributed by atoms with van der Waals surface area (Å²) in [7, 11) is 0. The van der Waals surface area contributed by atoms with E-state index in [9.17, 15) is 0 Å². The Morgan fingerprint density at radius 3 is 3.07 bits per heavy atom. The molecular formula is C10H15ClN4. The van der Waals surface area contributed by atoms with E-state index >= 15 is 0 Å². The topological polar surface area (TPSA) is 55.0 Å². The highest BCUT2D eigenvalue weighted by atomic mass is 35.5. The van der Waals surface area contributed by atoms with Crippen LogP contribution in [0.1, 0.15) is 31.5 Å². The van der Waals surface area contributed by atoms with Crippen molar-refractivity contribution in [2.24, 2.45) is 0 Å². The summed E-state index contributed by atoms with van der Waals surface area (Å²) in [6, 6.07) is 2.20. The number of hydrogen-bond acceptors (Lipinski definition) is 4. The molecule has 0 aliphatic carbocycles. The maximum atomic E-state index is 5.75. The van der Waals surface area contributed by atoms with Crippen molar-refractivity contribution >= 4 is 17.3 Å². The van der Waals surface area contributed by atoms with Gasteiger partial charge in [0.25, 0.3) is 0 Å². The highest BCUT2D eigenvalue weighted by Gasteiger charge is 2.26. The fraction of sp³-hybridized carbons (Fsp3) is 0.600. The molecule has 0 amide bonds. The molecule has 2 N–H and O–H groups in total. The molecule has 0 aromatic carbocycles. The molecule has 2 rings (SSSR count). The van der Waals surface area contributed by atoms with Crippen molar-refractivity contribution in [1.82, 2.24) is 15.1 Å². The van der Waals surface area contributed by atoms with Crippen molar-refractivity contribution < 1.29 is 0 Å². The summed E-state index contributed by atoms with van der Waals surface area (Å²) < 4.78 is 0. The molecule has 1 saturated heterocycles. The molecule has 2 heterocycles. The molecule has 4 nitrogen and oxygen atoms in total. The van der Waals surface area contributed by atoms with Gasteiger partial charge in [-0.3, -0.25) is 4.90 Å². The van der Waals surface area contributed by atoms with Crippen LogP contribution in [0, 0.1) is 0 Å². The Morgan fingerprint density at radius 1 is 1.60 bits per heavy atom. The molecule has 0 radical (unpaired) electrons. The van der Waals surface area contributed by atoms with Crippen molar-refractivity contribution in [1.29, 1.82) is 0 Å². The maximum absolute atomic E-state index is 5.75. The fourth-order valence-corrected chi connectivity index (χ4v) is 2.20. The third kappa shape index (κ3) is 2.06. The number of rotatable bonds is 2. The van der Waals surface area contributed by atoms with Crippen LogP contribution in [0.2, 0.25) is 5.15 Å². The number of nitrogen functional groups attached to an aromatic ring is 1. The van der Waals surface area contributed by atoms with Crippen LogP contribution >= 0.6 is 11.6 Å². The van der Waals surface area contributed by atoms with Gasteiger partial charge < -0.3 is 5.73 Å². The summed E-state index contributed by atoms with van der Waals surface area (Å²) in [5, 5.41) is 8.26. The molecule has 5 heteroatoms. The SMILES string of the molecule is CCN1CCCC1c1cc(N)c(Cl)nn1. The van der Waals surface area contributed by atoms with Gasteiger partial charge in [0.2, 0.25) is 0 Å². The molecule has 1 fully saturated rings. The second-order valence-corrected chi connectivity index (χ2v) is 4.16. The number of nitrogens with zero attached hydrogens (tertiary/aromatic N) is 3. The molecule has 0 spiro atoms. The average Bonchev–Trinajstić information content (AvgIpc) is 2.70. The van der Waals surface area contributed by atoms with Gasteiger partial charge in [-0.05, 0) is 32.0 Å². The number of hydrogen-bond donors (Lipinski definition) is 1. The van der Waals surface area contributed by atoms with Crippen LogP contribution in [-0.2, 0) is 0 Å². The second-order valence-electron chi connectivity index (χ2n) is 3.80. The van der Waals surface area contributed by atoms with Gasteiger partial charge in [-0.25, -0.2) is 0 Å². The van der Waals surface area contributed by atoms with E-state index in [1.165, 1.54) is 6.42 Å². The smallest absolute Gasteiger partial charge is 0.174 e. The highest BCUT2D eigenvalue weighted by molar-refractivity contribution is 6.31. The van der Waals surface area contributed by atoms with Gasteiger partial charge in [0, 0.05) is 0 Å². The zero-order chi connectivity index (χ0) is 10.8. The zero-order valence-electron chi connectivity index (χ0n) is 8.78. The predicted molar refractivity (Wildman–Crippen MR) is 60.7 cm³/mol. The fourth-order valence-electron chi connectivity index (χ4n) is 2.11. The Kier molecular flexibility index (Phi) is 3.07. The van der Waals surface area contributed by atoms with Crippen LogP contribution in [0.3, 0.4) is 0 Å². The van der Waals surface area contributed by atoms with E-state index in [4.69, 9.17) is 17.3 Å². The van der Waals surface area contributed by atoms with Gasteiger partial charge in [0.05, 0.1) is 17.4 Å². The first-order chi connectivity index (χ1) is 7.22. The molecule has 1 atom stereocenters. The van der Waals surface area contributed by atoms with Crippen molar-refractivity contribution in [3.8, 4) is 0 Å². The van der Waals surface area contributed by atoms with Gasteiger partial charge in [-0.15, -0.1) is 5.10 Å². The van der Waals surface area contributed by atoms with E-state index in [1.54, 1.807) is 0 Å². The largest absolute Gasteiger partial charge is 0.396 e. The van der Waals surface area contributed by atoms with Crippen LogP contribution < -0.4 is 5.73 Å². The summed E-state index contributed by atoms with van der Waals surface area (Å²) in [5.74, 6) is 0. The molecule has 0 saturated carbocycles. The number of nitrogens with two attached hydrogens (primary N) is 1. The van der Waals surface area contributed by atoms with Gasteiger partial charge in [0.1, 0.15) is 0 Å². The Bertz CT molecular complexity index is 355. The summed E-state index contributed by atoms with van der Waals surface area (Å²) in [6.45, 7) is 4.32. The van der Waals surface area contributed by atoms with Gasteiger partial charge in [0.15, 0.2) is 5.15 Å². The van der Waals surface area contributed by atoms with Crippen molar-refractivity contribution in [2.75, 3.05) is 18.8 Å². The summed E-state index contributed by atoms with van der Waals surface area (Å²) in [4.78, 5) is 2.39. The lowest BCUT2D eigenvalue weighted by atomic mass is 10.1. The second kappa shape index (κ2) is 4.33. The molecule has 82 valence electrons. The Balaban J connectivity index is 2.25. The molecule has 1 unspecified atom stereocenters. The summed E-state index contributed by atoms with van der Waals surface area (Å²) in [5.41, 5.74) is 7.18. The molecule has 1 aliphatic heterocycles. The Morgan fingerprint density at radius 2 is 2.40 bits per heavy atom. The van der Waals surface area contributed by atoms with E-state index < -0.39 is 0 Å². The van der Waals surface area contributed by atoms with Gasteiger partial charge in [-0.2, -0.15) is 5.10 Å². The minimum atomic E-state index is 0.291. The average molecular weight is 227 g/mol. The molecular weight excluding hydrogens is 212 g/mol. The van der Waals surface area contributed by atoms with Crippen LogP contribution in [0.15, 0.2) is 6.07 Å². The minimum absolute atomic E-state index is 0.291. The quantitative estimate of drug-likeness (QED) is 0.837. The van der Waals surface area contributed by atoms with E-state index in [2.05, 4.69) is 22.0 Å². The number of halogens is 1. The van der Waals surface area contributed by atoms with Crippen LogP contribution in [0.5, 0.6) is 0 Å². The maximum Gasteiger partial charge on any atom is 0.174 e. The minimum Gasteiger partial charge on any atom is -0.396 e. The van der Waals surface area contributed by atoms with Crippen molar-refractivity contribution in [3.05, 3.63) is 16.9 Å². The Hall–Kier alpha value is -0.870. The normalized spacial score (nSPS) is 22.1. The van der Waals surface area contributed by atoms with Crippen LogP contribution in [0.4, 0.5) is 5.69 Å². The molecule has 1 aromatic heterocycles. The third-order valence-corrected chi connectivity index (χ3v) is 3.20. The standard InChI is InChI=1S/C10H15ClN4/c1-2-15-5-3-4-9(15)8-6-7(12)10(11)14-13-8/h6,9H,2-5H2,1H3,(H2,12,13). The van der Waals surface area contributed by atoms with Crippen molar-refractivity contribution in [3.63, 3.8) is 0 Å². The Labute approximate surface area is 94.4 Å². The van der Waals surface area contributed by atoms with Crippen LogP contribution in [-0.4, -0.2) is 28.2 Å². The summed E-state index contributed by atoms with van der Waals surface area (Å²) >= 11 is 5.75. The lowest BCUT2D eigenvalue weighted by Gasteiger charge is -2.21. The van der Waals surface area contributed by atoms with Gasteiger partial charge >= 0.3 is 0 Å². The van der Waals surface area contributed by atoms with Crippen molar-refractivity contribution in [2.45, 2.75) is 25.8 Å². The van der Waals surface area contributed by atoms with E-state index in [1.807, 2.05) is 6.07 Å². The molecule has 1 aliphatic rings. The number of likely N-dealkylation sites (tertiary alicyclic amines) is 1. The number of aromatic nitrogens is 2. The van der Waals surface area contributed by atoms with Gasteiger partial charge in [-0.1, -0.05) is 18.5 Å². The molecule has 0 bridgehead atoms. The van der Waals surface area contributed by atoms with E-state index in [0.717, 1.165) is 25.2 Å². The first kappa shape index (κ1) is 10.6. The monoisotopic (exact) mass is 226 g/mol. The van der Waals surface area contributed by atoms with E-state index in [0.29, 0.717) is 16.9 Å². The van der Waals surface area contributed by atoms with E-state index in [-0.39, 0.29) is 0 Å². The molecule has 1 aromatic rings. The lowest BCUT2D eigenvalue weighted by molar-refractivity contribution is 0.266. The first-order valence-corrected chi connectivity index (χ1v) is 5.62. The highest BCUT2D eigenvalue weighted by Crippen LogP contribution is 2.31. The first-order valence-electron chi connectivity index (χ1n) is 5.25. The number of anilines is 1. The lowest BCUT2D eigenvalue weighted by Crippen LogP contribution is -2.23. The van der Waals surface area contributed by atoms with Crippen LogP contribution in [0.25, 0.3) is 0 Å². The summed E-state index contributed by atoms with van der Waals surface area (Å²) in [6.07, 6.45) is 2.34. The third-order valence-electron chi connectivity index (χ3n) is 2.91. The molecule has 15 heavy (non-hydrogen) atoms. The predicted octanol–water partition coefficient (Wildman–Crippen LogP) is 1.87.